The van der Waals surface area contributed by atoms with Crippen LogP contribution >= 0.6 is 0 Å². The van der Waals surface area contributed by atoms with Crippen LogP contribution in [0.15, 0.2) is 54.6 Å². The van der Waals surface area contributed by atoms with Gasteiger partial charge in [-0.3, -0.25) is 4.79 Å². The van der Waals surface area contributed by atoms with E-state index in [2.05, 4.69) is 43.7 Å². The molecule has 2 N–H and O–H groups in total. The number of para-hydroxylation sites is 1. The molecule has 0 saturated carbocycles. The van der Waals surface area contributed by atoms with E-state index in [1.165, 1.54) is 18.5 Å². The molecule has 0 aliphatic carbocycles. The van der Waals surface area contributed by atoms with Crippen molar-refractivity contribution in [3.8, 4) is 6.07 Å². The maximum atomic E-state index is 12.7. The first-order valence-electron chi connectivity index (χ1n) is 9.90. The Morgan fingerprint density at radius 3 is 2.53 bits per heavy atom. The number of hydrogen-bond acceptors (Lipinski definition) is 6. The van der Waals surface area contributed by atoms with E-state index in [0.29, 0.717) is 22.9 Å². The normalized spacial score (nSPS) is 13.0. The molecular formula is C23H22N6O. The largest absolute Gasteiger partial charge is 0.372 e. The van der Waals surface area contributed by atoms with E-state index < -0.39 is 5.91 Å². The molecule has 0 bridgehead atoms. The molecule has 4 rings (SSSR count). The summed E-state index contributed by atoms with van der Waals surface area (Å²) in [6.07, 6.45) is 2.48. The Morgan fingerprint density at radius 2 is 1.80 bits per heavy atom. The minimum Gasteiger partial charge on any atom is -0.372 e. The summed E-state index contributed by atoms with van der Waals surface area (Å²) in [4.78, 5) is 23.7. The van der Waals surface area contributed by atoms with Crippen molar-refractivity contribution in [2.45, 2.75) is 19.8 Å². The smallest absolute Gasteiger partial charge is 0.274 e. The van der Waals surface area contributed by atoms with Crippen molar-refractivity contribution in [3.05, 3.63) is 71.7 Å². The number of nitrogens with one attached hydrogen (secondary N) is 2. The number of aryl methyl sites for hydroxylation is 1. The third kappa shape index (κ3) is 4.39. The summed E-state index contributed by atoms with van der Waals surface area (Å²) < 4.78 is 0. The minimum atomic E-state index is -0.393. The summed E-state index contributed by atoms with van der Waals surface area (Å²) >= 11 is 0. The van der Waals surface area contributed by atoms with Crippen LogP contribution in [-0.2, 0) is 0 Å². The molecule has 1 amide bonds. The third-order valence-electron chi connectivity index (χ3n) is 4.98. The highest BCUT2D eigenvalue weighted by Gasteiger charge is 2.14. The van der Waals surface area contributed by atoms with Crippen molar-refractivity contribution < 1.29 is 4.79 Å². The van der Waals surface area contributed by atoms with Gasteiger partial charge < -0.3 is 15.5 Å². The van der Waals surface area contributed by atoms with Crippen molar-refractivity contribution in [1.82, 2.24) is 9.97 Å². The molecule has 3 aromatic rings. The lowest BCUT2D eigenvalue weighted by Gasteiger charge is -2.18. The zero-order valence-electron chi connectivity index (χ0n) is 16.7. The van der Waals surface area contributed by atoms with Crippen molar-refractivity contribution in [1.29, 1.82) is 5.26 Å². The third-order valence-corrected chi connectivity index (χ3v) is 4.98. The molecule has 1 aliphatic rings. The molecule has 30 heavy (non-hydrogen) atoms. The standard InChI is InChI=1S/C23H22N6O/c1-16-25-21(23(30)28-20-7-3-2-6-17(20)15-24)14-22(26-16)27-18-8-10-19(11-9-18)29-12-4-5-13-29/h2-3,6-11,14H,4-5,12-13H2,1H3,(H,28,30)(H,25,26,27). The summed E-state index contributed by atoms with van der Waals surface area (Å²) in [6.45, 7) is 3.94. The van der Waals surface area contributed by atoms with Gasteiger partial charge in [0.2, 0.25) is 0 Å². The average molecular weight is 398 g/mol. The number of nitriles is 1. The maximum Gasteiger partial charge on any atom is 0.274 e. The number of hydrogen-bond donors (Lipinski definition) is 2. The second-order valence-electron chi connectivity index (χ2n) is 7.16. The number of carbonyl (C=O) groups is 1. The summed E-state index contributed by atoms with van der Waals surface area (Å²) in [6, 6.07) is 18.7. The fourth-order valence-electron chi connectivity index (χ4n) is 3.50. The van der Waals surface area contributed by atoms with Crippen molar-refractivity contribution >= 4 is 28.8 Å². The van der Waals surface area contributed by atoms with Crippen molar-refractivity contribution in [3.63, 3.8) is 0 Å². The van der Waals surface area contributed by atoms with Crippen LogP contribution in [0.1, 0.15) is 34.7 Å². The van der Waals surface area contributed by atoms with E-state index in [1.54, 1.807) is 37.3 Å². The van der Waals surface area contributed by atoms with Gasteiger partial charge in [-0.05, 0) is 56.2 Å². The lowest BCUT2D eigenvalue weighted by atomic mass is 10.2. The first kappa shape index (κ1) is 19.4. The van der Waals surface area contributed by atoms with Gasteiger partial charge in [-0.15, -0.1) is 0 Å². The fourth-order valence-corrected chi connectivity index (χ4v) is 3.50. The lowest BCUT2D eigenvalue weighted by Crippen LogP contribution is -2.17. The van der Waals surface area contributed by atoms with Crippen molar-refractivity contribution in [2.75, 3.05) is 28.6 Å². The Morgan fingerprint density at radius 1 is 1.07 bits per heavy atom. The minimum absolute atomic E-state index is 0.228. The highest BCUT2D eigenvalue weighted by Crippen LogP contribution is 2.24. The van der Waals surface area contributed by atoms with Crippen LogP contribution in [0.2, 0.25) is 0 Å². The van der Waals surface area contributed by atoms with Gasteiger partial charge in [0, 0.05) is 30.5 Å². The van der Waals surface area contributed by atoms with Gasteiger partial charge in [-0.25, -0.2) is 9.97 Å². The molecule has 2 heterocycles. The Labute approximate surface area is 175 Å². The summed E-state index contributed by atoms with van der Waals surface area (Å²) in [7, 11) is 0. The molecule has 150 valence electrons. The molecule has 1 fully saturated rings. The van der Waals surface area contributed by atoms with E-state index in [-0.39, 0.29) is 5.69 Å². The van der Waals surface area contributed by atoms with Gasteiger partial charge in [0.15, 0.2) is 0 Å². The Bertz CT molecular complexity index is 1100. The van der Waals surface area contributed by atoms with E-state index >= 15 is 0 Å². The molecule has 0 radical (unpaired) electrons. The molecule has 1 aliphatic heterocycles. The molecule has 1 aromatic heterocycles. The zero-order chi connectivity index (χ0) is 20.9. The first-order valence-corrected chi connectivity index (χ1v) is 9.90. The molecule has 2 aromatic carbocycles. The van der Waals surface area contributed by atoms with Crippen LogP contribution in [0.3, 0.4) is 0 Å². The number of nitrogens with zero attached hydrogens (tertiary/aromatic N) is 4. The molecule has 0 atom stereocenters. The molecule has 7 nitrogen and oxygen atoms in total. The molecule has 0 spiro atoms. The fraction of sp³-hybridized carbons (Fsp3) is 0.217. The number of benzene rings is 2. The SMILES string of the molecule is Cc1nc(Nc2ccc(N3CCCC3)cc2)cc(C(=O)Nc2ccccc2C#N)n1. The van der Waals surface area contributed by atoms with Crippen LogP contribution in [0.5, 0.6) is 0 Å². The Hall–Kier alpha value is -3.92. The van der Waals surface area contributed by atoms with Gasteiger partial charge in [0.25, 0.3) is 5.91 Å². The number of amides is 1. The molecule has 7 heteroatoms. The van der Waals surface area contributed by atoms with Gasteiger partial charge in [0.1, 0.15) is 23.4 Å². The first-order chi connectivity index (χ1) is 14.6. The second kappa shape index (κ2) is 8.62. The zero-order valence-corrected chi connectivity index (χ0v) is 16.7. The number of anilines is 4. The van der Waals surface area contributed by atoms with Gasteiger partial charge in [-0.1, -0.05) is 12.1 Å². The van der Waals surface area contributed by atoms with E-state index in [4.69, 9.17) is 0 Å². The van der Waals surface area contributed by atoms with Crippen LogP contribution in [-0.4, -0.2) is 29.0 Å². The number of aromatic nitrogens is 2. The molecule has 1 saturated heterocycles. The molecule has 0 unspecified atom stereocenters. The predicted molar refractivity (Wildman–Crippen MR) is 117 cm³/mol. The summed E-state index contributed by atoms with van der Waals surface area (Å²) in [5.41, 5.74) is 3.18. The molecular weight excluding hydrogens is 376 g/mol. The van der Waals surface area contributed by atoms with Crippen LogP contribution in [0, 0.1) is 18.3 Å². The average Bonchev–Trinajstić information content (AvgIpc) is 3.29. The Balaban J connectivity index is 1.50. The lowest BCUT2D eigenvalue weighted by molar-refractivity contribution is 0.102. The van der Waals surface area contributed by atoms with Crippen LogP contribution in [0.4, 0.5) is 22.9 Å². The monoisotopic (exact) mass is 398 g/mol. The van der Waals surface area contributed by atoms with Gasteiger partial charge in [-0.2, -0.15) is 5.26 Å². The van der Waals surface area contributed by atoms with Gasteiger partial charge >= 0.3 is 0 Å². The maximum absolute atomic E-state index is 12.7. The quantitative estimate of drug-likeness (QED) is 0.667. The van der Waals surface area contributed by atoms with E-state index in [9.17, 15) is 10.1 Å². The second-order valence-corrected chi connectivity index (χ2v) is 7.16. The predicted octanol–water partition coefficient (Wildman–Crippen LogP) is 4.25. The Kier molecular flexibility index (Phi) is 5.57. The number of rotatable bonds is 5. The van der Waals surface area contributed by atoms with E-state index in [1.807, 2.05) is 12.1 Å². The summed E-state index contributed by atoms with van der Waals surface area (Å²) in [5, 5.41) is 15.2. The van der Waals surface area contributed by atoms with Crippen LogP contribution in [0.25, 0.3) is 0 Å². The van der Waals surface area contributed by atoms with E-state index in [0.717, 1.165) is 18.8 Å². The topological polar surface area (TPSA) is 93.9 Å². The number of carbonyl (C=O) groups excluding carboxylic acids is 1. The summed E-state index contributed by atoms with van der Waals surface area (Å²) in [5.74, 6) is 0.623. The van der Waals surface area contributed by atoms with Crippen LogP contribution < -0.4 is 15.5 Å². The van der Waals surface area contributed by atoms with Gasteiger partial charge in [0.05, 0.1) is 11.3 Å². The highest BCUT2D eigenvalue weighted by molar-refractivity contribution is 6.04. The van der Waals surface area contributed by atoms with Crippen molar-refractivity contribution in [2.24, 2.45) is 0 Å². The highest BCUT2D eigenvalue weighted by atomic mass is 16.1.